The highest BCUT2D eigenvalue weighted by molar-refractivity contribution is 6.36. The summed E-state index contributed by atoms with van der Waals surface area (Å²) in [5.74, 6) is -1.83. The lowest BCUT2D eigenvalue weighted by Crippen LogP contribution is -2.44. The molecule has 0 saturated heterocycles. The summed E-state index contributed by atoms with van der Waals surface area (Å²) in [6.07, 6.45) is 2.72. The highest BCUT2D eigenvalue weighted by atomic mass is 35.5. The molecule has 3 saturated carbocycles. The zero-order valence-electron chi connectivity index (χ0n) is 22.6. The lowest BCUT2D eigenvalue weighted by molar-refractivity contribution is -0.143. The van der Waals surface area contributed by atoms with Gasteiger partial charge in [0.05, 0.1) is 17.5 Å². The van der Waals surface area contributed by atoms with Crippen molar-refractivity contribution in [3.63, 3.8) is 0 Å². The van der Waals surface area contributed by atoms with E-state index >= 15 is 0 Å². The van der Waals surface area contributed by atoms with Gasteiger partial charge in [0.2, 0.25) is 0 Å². The monoisotopic (exact) mass is 598 g/mol. The third kappa shape index (κ3) is 6.38. The maximum atomic E-state index is 14.4. The molecule has 1 aromatic carbocycles. The Labute approximate surface area is 242 Å². The number of dihydropyridines is 1. The molecule has 10 heteroatoms. The number of benzene rings is 1. The molecule has 0 radical (unpaired) electrons. The number of carboxylic acids is 1. The summed E-state index contributed by atoms with van der Waals surface area (Å²) in [5, 5.41) is 10.2. The van der Waals surface area contributed by atoms with Crippen LogP contribution in [0.2, 0.25) is 10.0 Å². The normalized spacial score (nSPS) is 26.1. The molecule has 1 unspecified atom stereocenters. The Morgan fingerprint density at radius 3 is 2.27 bits per heavy atom. The van der Waals surface area contributed by atoms with Gasteiger partial charge in [-0.1, -0.05) is 23.2 Å². The van der Waals surface area contributed by atoms with Gasteiger partial charge < -0.3 is 10.0 Å². The first kappa shape index (κ1) is 29.4. The van der Waals surface area contributed by atoms with Crippen LogP contribution in [0.1, 0.15) is 68.9 Å². The van der Waals surface area contributed by atoms with Crippen molar-refractivity contribution >= 4 is 41.3 Å². The summed E-state index contributed by atoms with van der Waals surface area (Å²) in [6, 6.07) is 2.97. The quantitative estimate of drug-likeness (QED) is 0.337. The average Bonchev–Trinajstić information content (AvgIpc) is 3.67. The van der Waals surface area contributed by atoms with E-state index < -0.39 is 35.6 Å². The molecule has 1 atom stereocenters. The number of nitrogens with zero attached hydrogens (tertiary/aromatic N) is 2. The van der Waals surface area contributed by atoms with Crippen molar-refractivity contribution in [2.24, 2.45) is 28.2 Å². The smallest absolute Gasteiger partial charge is 0.413 e. The highest BCUT2D eigenvalue weighted by Gasteiger charge is 2.53. The molecule has 1 aromatic rings. The SMILES string of the molecule is Cc1cc(Cl)c(CCN(CC2CC3(CC3)C2)C(=O)C2=C(C(F)(F)F)CC(C3CCC(C(=O)O)CC3)N=C2)c(Cl)c1. The minimum Gasteiger partial charge on any atom is -0.481 e. The molecule has 5 rings (SSSR count). The topological polar surface area (TPSA) is 70.0 Å². The van der Waals surface area contributed by atoms with Crippen LogP contribution in [0.3, 0.4) is 0 Å². The van der Waals surface area contributed by atoms with E-state index in [2.05, 4.69) is 4.99 Å². The number of carboxylic acid groups (broad SMARTS) is 1. The second-order valence-electron chi connectivity index (χ2n) is 12.4. The van der Waals surface area contributed by atoms with Crippen LogP contribution in [0.5, 0.6) is 0 Å². The molecule has 218 valence electrons. The second kappa shape index (κ2) is 11.3. The van der Waals surface area contributed by atoms with Crippen molar-refractivity contribution in [1.29, 1.82) is 0 Å². The predicted octanol–water partition coefficient (Wildman–Crippen LogP) is 7.46. The first-order valence-electron chi connectivity index (χ1n) is 14.2. The van der Waals surface area contributed by atoms with Crippen molar-refractivity contribution in [1.82, 2.24) is 4.90 Å². The zero-order chi connectivity index (χ0) is 28.8. The molecule has 3 fully saturated rings. The van der Waals surface area contributed by atoms with Gasteiger partial charge in [0.15, 0.2) is 0 Å². The molecule has 0 bridgehead atoms. The van der Waals surface area contributed by atoms with Crippen LogP contribution >= 0.6 is 23.2 Å². The van der Waals surface area contributed by atoms with E-state index in [1.807, 2.05) is 6.92 Å². The summed E-state index contributed by atoms with van der Waals surface area (Å²) in [6.45, 7) is 2.48. The van der Waals surface area contributed by atoms with Gasteiger partial charge in [0.1, 0.15) is 0 Å². The number of alkyl halides is 3. The van der Waals surface area contributed by atoms with Gasteiger partial charge in [-0.2, -0.15) is 13.2 Å². The Morgan fingerprint density at radius 2 is 1.73 bits per heavy atom. The maximum Gasteiger partial charge on any atom is 0.413 e. The van der Waals surface area contributed by atoms with Crippen LogP contribution in [0.4, 0.5) is 13.2 Å². The van der Waals surface area contributed by atoms with Gasteiger partial charge in [-0.25, -0.2) is 0 Å². The molecule has 1 amide bonds. The molecule has 5 nitrogen and oxygen atoms in total. The van der Waals surface area contributed by atoms with Crippen molar-refractivity contribution in [3.05, 3.63) is 44.5 Å². The number of aryl methyl sites for hydroxylation is 1. The van der Waals surface area contributed by atoms with Crippen molar-refractivity contribution in [2.75, 3.05) is 13.1 Å². The fourth-order valence-corrected chi connectivity index (χ4v) is 7.75. The number of aliphatic imine (C=N–C) groups is 1. The van der Waals surface area contributed by atoms with Gasteiger partial charge in [0.25, 0.3) is 5.91 Å². The summed E-state index contributed by atoms with van der Waals surface area (Å²) in [5.41, 5.74) is 0.767. The Bertz CT molecular complexity index is 1200. The summed E-state index contributed by atoms with van der Waals surface area (Å²) in [4.78, 5) is 31.1. The van der Waals surface area contributed by atoms with Crippen LogP contribution in [-0.2, 0) is 16.0 Å². The van der Waals surface area contributed by atoms with E-state index in [0.717, 1.165) is 24.6 Å². The number of rotatable bonds is 8. The number of carbonyl (C=O) groups excluding carboxylic acids is 1. The van der Waals surface area contributed by atoms with Crippen LogP contribution in [0.15, 0.2) is 28.3 Å². The predicted molar refractivity (Wildman–Crippen MR) is 149 cm³/mol. The molecule has 4 aliphatic rings. The van der Waals surface area contributed by atoms with Crippen molar-refractivity contribution < 1.29 is 27.9 Å². The van der Waals surface area contributed by atoms with Crippen LogP contribution in [0, 0.1) is 30.1 Å². The van der Waals surface area contributed by atoms with Crippen molar-refractivity contribution in [3.8, 4) is 0 Å². The zero-order valence-corrected chi connectivity index (χ0v) is 24.1. The fraction of sp³-hybridized carbons (Fsp3) is 0.633. The minimum atomic E-state index is -4.67. The van der Waals surface area contributed by atoms with Gasteiger partial charge >= 0.3 is 12.1 Å². The Balaban J connectivity index is 1.35. The summed E-state index contributed by atoms with van der Waals surface area (Å²) in [7, 11) is 0. The molecule has 1 heterocycles. The largest absolute Gasteiger partial charge is 0.481 e. The molecular weight excluding hydrogens is 564 g/mol. The lowest BCUT2D eigenvalue weighted by Gasteiger charge is -2.40. The molecule has 40 heavy (non-hydrogen) atoms. The Kier molecular flexibility index (Phi) is 8.33. The van der Waals surface area contributed by atoms with Gasteiger partial charge in [0, 0.05) is 41.3 Å². The molecule has 1 N–H and O–H groups in total. The maximum absolute atomic E-state index is 14.4. The third-order valence-corrected chi connectivity index (χ3v) is 10.1. The van der Waals surface area contributed by atoms with Crippen LogP contribution in [-0.4, -0.2) is 53.4 Å². The van der Waals surface area contributed by atoms with E-state index in [4.69, 9.17) is 23.2 Å². The number of amides is 1. The molecule has 1 spiro atoms. The van der Waals surface area contributed by atoms with Crippen molar-refractivity contribution in [2.45, 2.75) is 83.4 Å². The standard InChI is InChI=1S/C30H35Cl2F3N2O3/c1-17-10-24(31)21(25(32)11-17)6-9-37(16-18-13-29(14-18)7-8-29)27(38)22-15-36-26(12-23(22)30(33,34)35)19-2-4-20(5-3-19)28(39)40/h10-11,15,18-20,26H,2-9,12-14,16H2,1H3,(H,39,40). The Hall–Kier alpha value is -2.06. The first-order chi connectivity index (χ1) is 18.8. The Morgan fingerprint density at radius 1 is 1.10 bits per heavy atom. The highest BCUT2D eigenvalue weighted by Crippen LogP contribution is 2.63. The summed E-state index contributed by atoms with van der Waals surface area (Å²) < 4.78 is 43.1. The van der Waals surface area contributed by atoms with E-state index in [9.17, 15) is 27.9 Å². The van der Waals surface area contributed by atoms with Gasteiger partial charge in [-0.05, 0) is 105 Å². The molecule has 0 aromatic heterocycles. The minimum absolute atomic E-state index is 0.132. The van der Waals surface area contributed by atoms with E-state index in [1.165, 1.54) is 17.7 Å². The van der Waals surface area contributed by atoms with E-state index in [0.29, 0.717) is 59.7 Å². The number of halogens is 5. The molecule has 1 aliphatic heterocycles. The summed E-state index contributed by atoms with van der Waals surface area (Å²) >= 11 is 12.9. The lowest BCUT2D eigenvalue weighted by atomic mass is 9.71. The van der Waals surface area contributed by atoms with Gasteiger partial charge in [-0.3, -0.25) is 14.6 Å². The first-order valence-corrected chi connectivity index (χ1v) is 14.9. The van der Waals surface area contributed by atoms with Crippen LogP contribution < -0.4 is 0 Å². The third-order valence-electron chi connectivity index (χ3n) is 9.45. The van der Waals surface area contributed by atoms with Crippen LogP contribution in [0.25, 0.3) is 0 Å². The number of hydrogen-bond donors (Lipinski definition) is 1. The second-order valence-corrected chi connectivity index (χ2v) is 13.2. The number of carbonyl (C=O) groups is 2. The molecule has 3 aliphatic carbocycles. The molecular formula is C30H35Cl2F3N2O3. The van der Waals surface area contributed by atoms with E-state index in [1.54, 1.807) is 12.1 Å². The number of hydrogen-bond acceptors (Lipinski definition) is 3. The number of aliphatic carboxylic acids is 1. The van der Waals surface area contributed by atoms with Gasteiger partial charge in [-0.15, -0.1) is 0 Å². The van der Waals surface area contributed by atoms with E-state index in [-0.39, 0.29) is 30.4 Å². The average molecular weight is 600 g/mol. The fourth-order valence-electron chi connectivity index (χ4n) is 6.96.